The zero-order chi connectivity index (χ0) is 12.5. The zero-order valence-corrected chi connectivity index (χ0v) is 9.80. The van der Waals surface area contributed by atoms with E-state index in [0.29, 0.717) is 17.4 Å². The van der Waals surface area contributed by atoms with Gasteiger partial charge in [0.15, 0.2) is 0 Å². The Bertz CT molecular complexity index is 679. The van der Waals surface area contributed by atoms with Crippen molar-refractivity contribution in [3.63, 3.8) is 0 Å². The molecule has 1 fully saturated rings. The van der Waals surface area contributed by atoms with Crippen LogP contribution in [0.2, 0.25) is 0 Å². The van der Waals surface area contributed by atoms with Crippen LogP contribution >= 0.6 is 0 Å². The second kappa shape index (κ2) is 4.42. The van der Waals surface area contributed by atoms with Gasteiger partial charge in [-0.2, -0.15) is 0 Å². The third-order valence-electron chi connectivity index (χ3n) is 3.23. The van der Waals surface area contributed by atoms with E-state index in [2.05, 4.69) is 0 Å². The minimum Gasteiger partial charge on any atom is -0.376 e. The minimum atomic E-state index is -0.616. The molecule has 0 saturated carbocycles. The molecule has 1 aromatic carbocycles. The third-order valence-corrected chi connectivity index (χ3v) is 3.23. The number of nitrogens with zero attached hydrogens (tertiary/aromatic N) is 1. The largest absolute Gasteiger partial charge is 0.422 e. The number of hydrogen-bond acceptors (Lipinski definition) is 4. The van der Waals surface area contributed by atoms with E-state index in [-0.39, 0.29) is 6.10 Å². The van der Waals surface area contributed by atoms with Gasteiger partial charge in [-0.25, -0.2) is 9.59 Å². The van der Waals surface area contributed by atoms with Gasteiger partial charge < -0.3 is 9.15 Å². The number of fused-ring (bicyclic) bond motifs is 1. The Labute approximate surface area is 103 Å². The summed E-state index contributed by atoms with van der Waals surface area (Å²) in [7, 11) is 0. The molecular formula is C13H13NO4. The van der Waals surface area contributed by atoms with Crippen LogP contribution in [0.4, 0.5) is 0 Å². The Hall–Kier alpha value is -1.88. The van der Waals surface area contributed by atoms with Crippen LogP contribution in [0.1, 0.15) is 12.8 Å². The maximum absolute atomic E-state index is 11.8. The summed E-state index contributed by atoms with van der Waals surface area (Å²) in [5.74, 6) is -0.616. The summed E-state index contributed by atoms with van der Waals surface area (Å²) in [6.45, 7) is 1.16. The normalized spacial score (nSPS) is 19.4. The van der Waals surface area contributed by atoms with E-state index in [1.165, 1.54) is 4.57 Å². The Kier molecular flexibility index (Phi) is 2.76. The summed E-state index contributed by atoms with van der Waals surface area (Å²) < 4.78 is 11.7. The van der Waals surface area contributed by atoms with Crippen LogP contribution in [0.15, 0.2) is 38.3 Å². The van der Waals surface area contributed by atoms with E-state index in [9.17, 15) is 9.59 Å². The molecule has 18 heavy (non-hydrogen) atoms. The number of ether oxygens (including phenoxy) is 1. The van der Waals surface area contributed by atoms with Crippen molar-refractivity contribution >= 4 is 10.9 Å². The SMILES string of the molecule is O=c1oc(=O)n(CC2CCCO2)c2ccccc12. The molecule has 2 heterocycles. The van der Waals surface area contributed by atoms with E-state index in [1.807, 2.05) is 0 Å². The molecule has 0 bridgehead atoms. The summed E-state index contributed by atoms with van der Waals surface area (Å²) in [4.78, 5) is 23.4. The predicted molar refractivity (Wildman–Crippen MR) is 65.7 cm³/mol. The number of benzene rings is 1. The Morgan fingerprint density at radius 1 is 1.28 bits per heavy atom. The number of aromatic nitrogens is 1. The minimum absolute atomic E-state index is 0.0267. The molecule has 0 spiro atoms. The van der Waals surface area contributed by atoms with Gasteiger partial charge in [0, 0.05) is 6.61 Å². The summed E-state index contributed by atoms with van der Waals surface area (Å²) in [5, 5.41) is 0.426. The molecule has 1 saturated heterocycles. The Morgan fingerprint density at radius 3 is 2.89 bits per heavy atom. The van der Waals surface area contributed by atoms with Crippen LogP contribution < -0.4 is 11.4 Å². The molecule has 1 atom stereocenters. The summed E-state index contributed by atoms with van der Waals surface area (Å²) in [6.07, 6.45) is 1.97. The van der Waals surface area contributed by atoms with Gasteiger partial charge in [0.2, 0.25) is 0 Å². The van der Waals surface area contributed by atoms with E-state index < -0.39 is 11.4 Å². The topological polar surface area (TPSA) is 61.4 Å². The maximum atomic E-state index is 11.8. The van der Waals surface area contributed by atoms with Crippen molar-refractivity contribution in [3.05, 3.63) is 45.2 Å². The molecule has 1 aliphatic heterocycles. The lowest BCUT2D eigenvalue weighted by Gasteiger charge is -2.12. The third kappa shape index (κ3) is 1.86. The molecule has 0 amide bonds. The van der Waals surface area contributed by atoms with Gasteiger partial charge in [-0.3, -0.25) is 4.57 Å². The first-order chi connectivity index (χ1) is 8.75. The van der Waals surface area contributed by atoms with Crippen LogP contribution in [0.5, 0.6) is 0 Å². The molecule has 0 aliphatic carbocycles. The van der Waals surface area contributed by atoms with E-state index in [4.69, 9.17) is 9.15 Å². The lowest BCUT2D eigenvalue weighted by molar-refractivity contribution is 0.0950. The molecule has 1 aromatic heterocycles. The number of para-hydroxylation sites is 1. The Balaban J connectivity index is 2.15. The van der Waals surface area contributed by atoms with Crippen LogP contribution in [0, 0.1) is 0 Å². The first kappa shape index (κ1) is 11.2. The fraction of sp³-hybridized carbons (Fsp3) is 0.385. The average molecular weight is 247 g/mol. The highest BCUT2D eigenvalue weighted by Crippen LogP contribution is 2.15. The van der Waals surface area contributed by atoms with Crippen molar-refractivity contribution in [2.45, 2.75) is 25.5 Å². The van der Waals surface area contributed by atoms with Crippen molar-refractivity contribution in [2.24, 2.45) is 0 Å². The standard InChI is InChI=1S/C13H13NO4/c15-12-10-5-1-2-6-11(10)14(13(16)18-12)8-9-4-3-7-17-9/h1-2,5-6,9H,3-4,7-8H2. The van der Waals surface area contributed by atoms with Crippen molar-refractivity contribution in [1.82, 2.24) is 4.57 Å². The number of hydrogen-bond donors (Lipinski definition) is 0. The monoisotopic (exact) mass is 247 g/mol. The second-order valence-corrected chi connectivity index (χ2v) is 4.42. The summed E-state index contributed by atoms with van der Waals surface area (Å²) >= 11 is 0. The van der Waals surface area contributed by atoms with Crippen molar-refractivity contribution in [3.8, 4) is 0 Å². The molecular weight excluding hydrogens is 234 g/mol. The van der Waals surface area contributed by atoms with Gasteiger partial charge in [-0.1, -0.05) is 12.1 Å². The summed E-state index contributed by atoms with van der Waals surface area (Å²) in [5.41, 5.74) is 0.0217. The molecule has 2 aromatic rings. The first-order valence-electron chi connectivity index (χ1n) is 6.00. The van der Waals surface area contributed by atoms with Crippen LogP contribution in [-0.2, 0) is 11.3 Å². The molecule has 0 radical (unpaired) electrons. The van der Waals surface area contributed by atoms with Crippen LogP contribution in [0.25, 0.3) is 10.9 Å². The van der Waals surface area contributed by atoms with Crippen molar-refractivity contribution in [2.75, 3.05) is 6.61 Å². The molecule has 5 heteroatoms. The fourth-order valence-corrected chi connectivity index (χ4v) is 2.33. The highest BCUT2D eigenvalue weighted by molar-refractivity contribution is 5.77. The van der Waals surface area contributed by atoms with Crippen LogP contribution in [-0.4, -0.2) is 17.3 Å². The molecule has 3 rings (SSSR count). The molecule has 1 unspecified atom stereocenters. The maximum Gasteiger partial charge on any atom is 0.422 e. The lowest BCUT2D eigenvalue weighted by atomic mass is 10.2. The van der Waals surface area contributed by atoms with Gasteiger partial charge in [-0.05, 0) is 25.0 Å². The fourth-order valence-electron chi connectivity index (χ4n) is 2.33. The quantitative estimate of drug-likeness (QED) is 0.798. The number of rotatable bonds is 2. The Morgan fingerprint density at radius 2 is 2.11 bits per heavy atom. The van der Waals surface area contributed by atoms with Crippen molar-refractivity contribution < 1.29 is 9.15 Å². The molecule has 5 nitrogen and oxygen atoms in total. The van der Waals surface area contributed by atoms with Gasteiger partial charge in [0.25, 0.3) is 0 Å². The average Bonchev–Trinajstić information content (AvgIpc) is 2.87. The van der Waals surface area contributed by atoms with E-state index in [0.717, 1.165) is 19.4 Å². The smallest absolute Gasteiger partial charge is 0.376 e. The van der Waals surface area contributed by atoms with Gasteiger partial charge in [-0.15, -0.1) is 0 Å². The van der Waals surface area contributed by atoms with Crippen molar-refractivity contribution in [1.29, 1.82) is 0 Å². The highest BCUT2D eigenvalue weighted by atomic mass is 16.5. The van der Waals surface area contributed by atoms with Gasteiger partial charge in [0.05, 0.1) is 23.6 Å². The zero-order valence-electron chi connectivity index (χ0n) is 9.80. The van der Waals surface area contributed by atoms with Gasteiger partial charge >= 0.3 is 11.4 Å². The summed E-state index contributed by atoms with van der Waals surface area (Å²) in [6, 6.07) is 6.96. The lowest BCUT2D eigenvalue weighted by Crippen LogP contribution is -2.29. The first-order valence-corrected chi connectivity index (χ1v) is 6.00. The molecule has 0 N–H and O–H groups in total. The highest BCUT2D eigenvalue weighted by Gasteiger charge is 2.18. The molecule has 1 aliphatic rings. The van der Waals surface area contributed by atoms with E-state index in [1.54, 1.807) is 24.3 Å². The molecule has 94 valence electrons. The van der Waals surface area contributed by atoms with Crippen LogP contribution in [0.3, 0.4) is 0 Å². The second-order valence-electron chi connectivity index (χ2n) is 4.42. The van der Waals surface area contributed by atoms with E-state index >= 15 is 0 Å². The van der Waals surface area contributed by atoms with Gasteiger partial charge in [0.1, 0.15) is 0 Å². The predicted octanol–water partition coefficient (Wildman–Crippen LogP) is 1.13.